The second-order valence-corrected chi connectivity index (χ2v) is 4.41. The third kappa shape index (κ3) is 4.16. The van der Waals surface area contributed by atoms with Gasteiger partial charge in [0.15, 0.2) is 11.5 Å². The van der Waals surface area contributed by atoms with E-state index in [0.29, 0.717) is 0 Å². The molecule has 5 N–H and O–H groups in total. The summed E-state index contributed by atoms with van der Waals surface area (Å²) < 4.78 is 0. The summed E-state index contributed by atoms with van der Waals surface area (Å²) in [5.41, 5.74) is -0.227. The van der Waals surface area contributed by atoms with Gasteiger partial charge in [0, 0.05) is 6.42 Å². The number of carboxylic acid groups (broad SMARTS) is 1. The van der Waals surface area contributed by atoms with E-state index < -0.39 is 31.1 Å². The number of H-pyrrole nitrogens is 1. The minimum atomic E-state index is -1.85. The summed E-state index contributed by atoms with van der Waals surface area (Å²) in [7, 11) is -1.85. The van der Waals surface area contributed by atoms with Gasteiger partial charge in [-0.2, -0.15) is 5.21 Å². The lowest BCUT2D eigenvalue weighted by molar-refractivity contribution is -0.129. The molecule has 0 saturated heterocycles. The maximum absolute atomic E-state index is 11.7. The van der Waals surface area contributed by atoms with Gasteiger partial charge in [0.1, 0.15) is 6.17 Å². The normalized spacial score (nSPS) is 17.9. The molecule has 1 aromatic heterocycles. The van der Waals surface area contributed by atoms with E-state index in [1.165, 1.54) is 0 Å². The Morgan fingerprint density at radius 2 is 2.23 bits per heavy atom. The van der Waals surface area contributed by atoms with E-state index in [9.17, 15) is 19.6 Å². The Morgan fingerprint density at radius 1 is 1.45 bits per heavy atom. The minimum Gasteiger partial charge on any atom is -0.476 e. The fourth-order valence-corrected chi connectivity index (χ4v) is 1.75. The average molecular weight is 309 g/mol. The van der Waals surface area contributed by atoms with E-state index in [1.54, 1.807) is 0 Å². The zero-order valence-electron chi connectivity index (χ0n) is 11.1. The van der Waals surface area contributed by atoms with Crippen molar-refractivity contribution in [2.24, 2.45) is 9.98 Å². The topological polar surface area (TPSA) is 186 Å². The van der Waals surface area contributed by atoms with Gasteiger partial charge >= 0.3 is 13.1 Å². The van der Waals surface area contributed by atoms with Gasteiger partial charge in [0.25, 0.3) is 0 Å². The van der Waals surface area contributed by atoms with Gasteiger partial charge in [-0.3, -0.25) is 9.79 Å². The molecule has 2 rings (SSSR count). The van der Waals surface area contributed by atoms with Gasteiger partial charge in [-0.05, 0) is 0 Å². The van der Waals surface area contributed by atoms with Crippen LogP contribution in [0.4, 0.5) is 0 Å². The molecule has 1 aliphatic heterocycles. The molecule has 1 amide bonds. The van der Waals surface area contributed by atoms with Crippen LogP contribution < -0.4 is 5.32 Å². The van der Waals surface area contributed by atoms with Crippen LogP contribution in [0, 0.1) is 0 Å². The summed E-state index contributed by atoms with van der Waals surface area (Å²) in [6, 6.07) is 0. The Bertz CT molecular complexity index is 602. The molecular weight excluding hydrogens is 297 g/mol. The molecule has 12 nitrogen and oxygen atoms in total. The molecule has 0 spiro atoms. The number of aliphatic carboxylic acids is 1. The Balaban J connectivity index is 1.92. The maximum atomic E-state index is 11.7. The molecule has 0 aliphatic carbocycles. The summed E-state index contributed by atoms with van der Waals surface area (Å²) in [5, 5.41) is 42.4. The number of tetrazole rings is 1. The molecule has 1 aromatic rings. The van der Waals surface area contributed by atoms with Crippen LogP contribution in [0.5, 0.6) is 0 Å². The van der Waals surface area contributed by atoms with Crippen molar-refractivity contribution in [1.29, 1.82) is 0 Å². The number of aromatic amines is 1. The van der Waals surface area contributed by atoms with Crippen LogP contribution in [0.2, 0.25) is 0 Å². The maximum Gasteiger partial charge on any atom is 0.475 e. The van der Waals surface area contributed by atoms with Crippen LogP contribution in [0.25, 0.3) is 0 Å². The molecule has 0 bridgehead atoms. The summed E-state index contributed by atoms with van der Waals surface area (Å²) in [6.45, 7) is 0. The van der Waals surface area contributed by atoms with E-state index >= 15 is 0 Å². The van der Waals surface area contributed by atoms with Crippen molar-refractivity contribution in [2.75, 3.05) is 0 Å². The number of hydrogen-bond acceptors (Lipinski definition) is 9. The van der Waals surface area contributed by atoms with E-state index in [-0.39, 0.29) is 24.4 Å². The largest absolute Gasteiger partial charge is 0.476 e. The first-order valence-corrected chi connectivity index (χ1v) is 6.18. The summed E-state index contributed by atoms with van der Waals surface area (Å²) in [6.07, 6.45) is 0.0122. The number of aliphatic imine (C=N–C) groups is 2. The number of rotatable bonds is 7. The van der Waals surface area contributed by atoms with Crippen molar-refractivity contribution in [3.05, 3.63) is 5.82 Å². The second kappa shape index (κ2) is 6.86. The Kier molecular flexibility index (Phi) is 4.90. The minimum absolute atomic E-state index is 0.0665. The van der Waals surface area contributed by atoms with E-state index in [1.807, 2.05) is 0 Å². The molecule has 0 saturated carbocycles. The molecule has 116 valence electrons. The highest BCUT2D eigenvalue weighted by Gasteiger charge is 2.30. The molecule has 1 aliphatic rings. The Hall–Kier alpha value is -2.67. The number of carbonyl (C=O) groups is 2. The Morgan fingerprint density at radius 3 is 2.77 bits per heavy atom. The van der Waals surface area contributed by atoms with Crippen molar-refractivity contribution < 1.29 is 24.7 Å². The molecule has 0 radical (unpaired) electrons. The van der Waals surface area contributed by atoms with E-state index in [0.717, 1.165) is 6.21 Å². The van der Waals surface area contributed by atoms with Gasteiger partial charge in [0.05, 0.1) is 18.6 Å². The van der Waals surface area contributed by atoms with E-state index in [2.05, 4.69) is 35.9 Å². The molecule has 0 aromatic carbocycles. The van der Waals surface area contributed by atoms with Gasteiger partial charge in [0.2, 0.25) is 5.91 Å². The number of carbonyl (C=O) groups excluding carboxylic acids is 1. The van der Waals surface area contributed by atoms with Crippen molar-refractivity contribution in [1.82, 2.24) is 25.9 Å². The number of nitrogens with zero attached hydrogens (tertiary/aromatic N) is 5. The van der Waals surface area contributed by atoms with Gasteiger partial charge in [-0.1, -0.05) is 5.21 Å². The lowest BCUT2D eigenvalue weighted by Gasteiger charge is -2.18. The van der Waals surface area contributed by atoms with Crippen LogP contribution in [0.15, 0.2) is 9.98 Å². The highest BCUT2D eigenvalue weighted by Crippen LogP contribution is 2.10. The quantitative estimate of drug-likeness (QED) is 0.322. The first kappa shape index (κ1) is 15.7. The third-order valence-electron chi connectivity index (χ3n) is 2.76. The predicted octanol–water partition coefficient (Wildman–Crippen LogP) is -3.43. The van der Waals surface area contributed by atoms with Crippen molar-refractivity contribution >= 4 is 30.9 Å². The number of amides is 1. The van der Waals surface area contributed by atoms with Crippen LogP contribution >= 0.6 is 0 Å². The third-order valence-corrected chi connectivity index (χ3v) is 2.76. The summed E-state index contributed by atoms with van der Waals surface area (Å²) in [5.74, 6) is -2.70. The fraction of sp³-hybridized carbons (Fsp3) is 0.444. The number of aromatic nitrogens is 4. The van der Waals surface area contributed by atoms with Gasteiger partial charge < -0.3 is 20.5 Å². The highest BCUT2D eigenvalue weighted by atomic mass is 16.4. The standard InChI is InChI=1S/C9H12BN7O5/c18-8(2-7-14-16-17-15-7)13-5(10(21)22)1-6-11-3-4(12-6)9(19)20/h3,5-6,21-22H,1-2H2,(H,13,18)(H,19,20)(H,14,15,16,17)/t5-,6?/m0/s1. The van der Waals surface area contributed by atoms with Crippen LogP contribution in [-0.2, 0) is 16.0 Å². The van der Waals surface area contributed by atoms with Crippen molar-refractivity contribution in [3.8, 4) is 0 Å². The van der Waals surface area contributed by atoms with E-state index in [4.69, 9.17) is 5.11 Å². The molecule has 2 heterocycles. The highest BCUT2D eigenvalue weighted by molar-refractivity contribution is 6.59. The van der Waals surface area contributed by atoms with Crippen LogP contribution in [0.3, 0.4) is 0 Å². The lowest BCUT2D eigenvalue weighted by atomic mass is 9.76. The molecular formula is C9H12BN7O5. The number of nitrogens with one attached hydrogen (secondary N) is 2. The molecule has 22 heavy (non-hydrogen) atoms. The van der Waals surface area contributed by atoms with Crippen LogP contribution in [-0.4, -0.2) is 78.8 Å². The first-order valence-electron chi connectivity index (χ1n) is 6.18. The SMILES string of the molecule is O=C(Cc1nn[nH]n1)N[C@@H](CC1N=CC(C(=O)O)=N1)B(O)O. The molecule has 0 fully saturated rings. The van der Waals surface area contributed by atoms with Crippen molar-refractivity contribution in [3.63, 3.8) is 0 Å². The fourth-order valence-electron chi connectivity index (χ4n) is 1.75. The average Bonchev–Trinajstić information content (AvgIpc) is 3.09. The van der Waals surface area contributed by atoms with Crippen molar-refractivity contribution in [2.45, 2.75) is 24.9 Å². The molecule has 13 heteroatoms. The zero-order valence-corrected chi connectivity index (χ0v) is 11.1. The molecule has 1 unspecified atom stereocenters. The van der Waals surface area contributed by atoms with Gasteiger partial charge in [-0.25, -0.2) is 9.79 Å². The number of hydrogen-bond donors (Lipinski definition) is 5. The van der Waals surface area contributed by atoms with Gasteiger partial charge in [-0.15, -0.1) is 10.2 Å². The Labute approximate surface area is 123 Å². The second-order valence-electron chi connectivity index (χ2n) is 4.41. The monoisotopic (exact) mass is 309 g/mol. The number of carboxylic acids is 1. The smallest absolute Gasteiger partial charge is 0.475 e. The summed E-state index contributed by atoms with van der Waals surface area (Å²) >= 11 is 0. The first-order chi connectivity index (χ1) is 10.5. The lowest BCUT2D eigenvalue weighted by Crippen LogP contribution is -2.48. The zero-order chi connectivity index (χ0) is 16.1. The van der Waals surface area contributed by atoms with Crippen LogP contribution in [0.1, 0.15) is 12.2 Å². The molecule has 2 atom stereocenters. The summed E-state index contributed by atoms with van der Waals surface area (Å²) in [4.78, 5) is 30.1. The predicted molar refractivity (Wildman–Crippen MR) is 72.0 cm³/mol.